The molecule has 4 heteroatoms. The van der Waals surface area contributed by atoms with E-state index in [4.69, 9.17) is 0 Å². The number of fused-ring (bicyclic) bond motifs is 2. The summed E-state index contributed by atoms with van der Waals surface area (Å²) in [5.41, 5.74) is 4.50. The van der Waals surface area contributed by atoms with Gasteiger partial charge >= 0.3 is 0 Å². The van der Waals surface area contributed by atoms with E-state index in [-0.39, 0.29) is 11.9 Å². The maximum Gasteiger partial charge on any atom is 0.253 e. The van der Waals surface area contributed by atoms with E-state index in [1.54, 1.807) is 0 Å². The lowest BCUT2D eigenvalue weighted by molar-refractivity contribution is 0.0938. The number of carbonyl (C=O) groups excluding carboxylic acids is 1. The van der Waals surface area contributed by atoms with Crippen LogP contribution in [0.2, 0.25) is 0 Å². The minimum atomic E-state index is 0.0199. The second kappa shape index (κ2) is 6.96. The van der Waals surface area contributed by atoms with Gasteiger partial charge in [0.25, 0.3) is 5.91 Å². The summed E-state index contributed by atoms with van der Waals surface area (Å²) in [5.74, 6) is 0.0199. The molecule has 1 aliphatic carbocycles. The summed E-state index contributed by atoms with van der Waals surface area (Å²) in [7, 11) is 4.13. The number of rotatable bonds is 5. The maximum absolute atomic E-state index is 13.0. The largest absolute Gasteiger partial charge is 0.345 e. The number of nitrogens with one attached hydrogen (secondary N) is 1. The van der Waals surface area contributed by atoms with Crippen LogP contribution in [0.5, 0.6) is 0 Å². The van der Waals surface area contributed by atoms with E-state index in [1.807, 2.05) is 24.4 Å². The van der Waals surface area contributed by atoms with Crippen molar-refractivity contribution in [1.82, 2.24) is 14.8 Å². The molecule has 1 atom stereocenters. The highest BCUT2D eigenvalue weighted by molar-refractivity contribution is 6.07. The molecule has 2 aromatic carbocycles. The van der Waals surface area contributed by atoms with Gasteiger partial charge in [-0.25, -0.2) is 0 Å². The Morgan fingerprint density at radius 2 is 1.92 bits per heavy atom. The van der Waals surface area contributed by atoms with Gasteiger partial charge in [-0.1, -0.05) is 42.5 Å². The predicted molar refractivity (Wildman–Crippen MR) is 105 cm³/mol. The van der Waals surface area contributed by atoms with Gasteiger partial charge in [0.1, 0.15) is 0 Å². The van der Waals surface area contributed by atoms with Crippen LogP contribution < -0.4 is 5.32 Å². The van der Waals surface area contributed by atoms with Crippen molar-refractivity contribution in [2.24, 2.45) is 0 Å². The molecule has 26 heavy (non-hydrogen) atoms. The fourth-order valence-electron chi connectivity index (χ4n) is 3.86. The molecule has 0 bridgehead atoms. The van der Waals surface area contributed by atoms with Gasteiger partial charge in [-0.2, -0.15) is 0 Å². The zero-order valence-electron chi connectivity index (χ0n) is 15.4. The average molecular weight is 347 g/mol. The molecule has 1 aliphatic rings. The van der Waals surface area contributed by atoms with Gasteiger partial charge in [0.2, 0.25) is 0 Å². The van der Waals surface area contributed by atoms with Crippen molar-refractivity contribution in [2.45, 2.75) is 25.4 Å². The topological polar surface area (TPSA) is 37.3 Å². The molecule has 0 saturated heterocycles. The van der Waals surface area contributed by atoms with Crippen molar-refractivity contribution >= 4 is 16.8 Å². The van der Waals surface area contributed by atoms with Crippen molar-refractivity contribution < 1.29 is 4.79 Å². The van der Waals surface area contributed by atoms with Crippen LogP contribution in [-0.2, 0) is 13.0 Å². The number of benzene rings is 2. The Hall–Kier alpha value is -2.59. The number of hydrogen-bond acceptors (Lipinski definition) is 2. The monoisotopic (exact) mass is 347 g/mol. The van der Waals surface area contributed by atoms with E-state index < -0.39 is 0 Å². The normalized spacial score (nSPS) is 16.2. The van der Waals surface area contributed by atoms with Crippen molar-refractivity contribution in [2.75, 3.05) is 20.6 Å². The van der Waals surface area contributed by atoms with Gasteiger partial charge in [0.15, 0.2) is 0 Å². The Kier molecular flexibility index (Phi) is 4.51. The van der Waals surface area contributed by atoms with Crippen molar-refractivity contribution in [3.8, 4) is 0 Å². The molecule has 1 amide bonds. The Bertz CT molecular complexity index is 941. The molecule has 0 saturated carbocycles. The quantitative estimate of drug-likeness (QED) is 0.765. The number of aryl methyl sites for hydroxylation is 1. The molecule has 1 N–H and O–H groups in total. The highest BCUT2D eigenvalue weighted by Gasteiger charge is 2.25. The molecule has 0 spiro atoms. The van der Waals surface area contributed by atoms with Crippen LogP contribution in [0.3, 0.4) is 0 Å². The summed E-state index contributed by atoms with van der Waals surface area (Å²) >= 11 is 0. The number of carbonyl (C=O) groups is 1. The van der Waals surface area contributed by atoms with E-state index in [0.717, 1.165) is 42.4 Å². The van der Waals surface area contributed by atoms with E-state index in [1.165, 1.54) is 11.1 Å². The summed E-state index contributed by atoms with van der Waals surface area (Å²) in [6, 6.07) is 16.7. The first-order valence-electron chi connectivity index (χ1n) is 9.25. The molecule has 134 valence electrons. The Balaban J connectivity index is 1.61. The van der Waals surface area contributed by atoms with Gasteiger partial charge in [0.05, 0.1) is 11.6 Å². The molecular weight excluding hydrogens is 322 g/mol. The van der Waals surface area contributed by atoms with Crippen molar-refractivity contribution in [3.63, 3.8) is 0 Å². The van der Waals surface area contributed by atoms with Gasteiger partial charge in [0, 0.05) is 30.2 Å². The van der Waals surface area contributed by atoms with Crippen molar-refractivity contribution in [3.05, 3.63) is 71.4 Å². The Morgan fingerprint density at radius 3 is 2.77 bits per heavy atom. The number of hydrogen-bond donors (Lipinski definition) is 1. The molecule has 0 aliphatic heterocycles. The molecule has 0 radical (unpaired) electrons. The number of aromatic nitrogens is 1. The van der Waals surface area contributed by atoms with Crippen LogP contribution in [0.25, 0.3) is 10.9 Å². The van der Waals surface area contributed by atoms with Crippen molar-refractivity contribution in [1.29, 1.82) is 0 Å². The van der Waals surface area contributed by atoms with Crippen LogP contribution in [0, 0.1) is 0 Å². The highest BCUT2D eigenvalue weighted by Crippen LogP contribution is 2.31. The van der Waals surface area contributed by atoms with E-state index in [0.29, 0.717) is 0 Å². The highest BCUT2D eigenvalue weighted by atomic mass is 16.1. The summed E-state index contributed by atoms with van der Waals surface area (Å²) in [5, 5.41) is 4.28. The fraction of sp³-hybridized carbons (Fsp3) is 0.318. The van der Waals surface area contributed by atoms with E-state index >= 15 is 0 Å². The fourth-order valence-corrected chi connectivity index (χ4v) is 3.86. The minimum Gasteiger partial charge on any atom is -0.345 e. The summed E-state index contributed by atoms with van der Waals surface area (Å²) < 4.78 is 2.19. The number of nitrogens with zero attached hydrogens (tertiary/aromatic N) is 2. The minimum absolute atomic E-state index is 0.0199. The third-order valence-corrected chi connectivity index (χ3v) is 5.26. The number of likely N-dealkylation sites (N-methyl/N-ethyl adjacent to an activating group) is 1. The third-order valence-electron chi connectivity index (χ3n) is 5.26. The second-order valence-electron chi connectivity index (χ2n) is 7.32. The lowest BCUT2D eigenvalue weighted by Gasteiger charge is -2.13. The first-order valence-corrected chi connectivity index (χ1v) is 9.25. The zero-order valence-corrected chi connectivity index (χ0v) is 15.4. The van der Waals surface area contributed by atoms with Crippen LogP contribution in [0.15, 0.2) is 54.7 Å². The summed E-state index contributed by atoms with van der Waals surface area (Å²) in [4.78, 5) is 15.2. The number of amides is 1. The smallest absolute Gasteiger partial charge is 0.253 e. The van der Waals surface area contributed by atoms with Crippen LogP contribution in [0.4, 0.5) is 0 Å². The number of para-hydroxylation sites is 1. The lowest BCUT2D eigenvalue weighted by Crippen LogP contribution is -2.27. The van der Waals surface area contributed by atoms with Crippen LogP contribution >= 0.6 is 0 Å². The molecule has 1 heterocycles. The SMILES string of the molecule is CN(C)CCn1cc(C(=O)NC2CCc3ccccc32)c2ccccc21. The molecule has 1 aromatic heterocycles. The molecule has 0 fully saturated rings. The standard InChI is InChI=1S/C22H25N3O/c1-24(2)13-14-25-15-19(18-9-5-6-10-21(18)25)22(26)23-20-12-11-16-7-3-4-8-17(16)20/h3-10,15,20H,11-14H2,1-2H3,(H,23,26). The van der Waals surface area contributed by atoms with Gasteiger partial charge in [-0.05, 0) is 44.1 Å². The van der Waals surface area contributed by atoms with Gasteiger partial charge in [-0.15, -0.1) is 0 Å². The van der Waals surface area contributed by atoms with E-state index in [2.05, 4.69) is 59.2 Å². The maximum atomic E-state index is 13.0. The third kappa shape index (κ3) is 3.13. The predicted octanol–water partition coefficient (Wildman–Crippen LogP) is 3.62. The van der Waals surface area contributed by atoms with Crippen LogP contribution in [-0.4, -0.2) is 36.0 Å². The lowest BCUT2D eigenvalue weighted by atomic mass is 10.1. The second-order valence-corrected chi connectivity index (χ2v) is 7.32. The first-order chi connectivity index (χ1) is 12.6. The summed E-state index contributed by atoms with van der Waals surface area (Å²) in [6.45, 7) is 1.81. The Morgan fingerprint density at radius 1 is 1.15 bits per heavy atom. The first kappa shape index (κ1) is 16.9. The molecule has 4 nitrogen and oxygen atoms in total. The molecule has 3 aromatic rings. The van der Waals surface area contributed by atoms with Gasteiger partial charge in [-0.3, -0.25) is 4.79 Å². The molecule has 4 rings (SSSR count). The average Bonchev–Trinajstić information content (AvgIpc) is 3.22. The van der Waals surface area contributed by atoms with Gasteiger partial charge < -0.3 is 14.8 Å². The molecular formula is C22H25N3O. The molecule has 1 unspecified atom stereocenters. The Labute approximate surface area is 154 Å². The summed E-state index contributed by atoms with van der Waals surface area (Å²) in [6.07, 6.45) is 4.01. The zero-order chi connectivity index (χ0) is 18.1. The van der Waals surface area contributed by atoms with Crippen LogP contribution in [0.1, 0.15) is 33.9 Å². The van der Waals surface area contributed by atoms with E-state index in [9.17, 15) is 4.79 Å².